The highest BCUT2D eigenvalue weighted by molar-refractivity contribution is 5.72. The van der Waals surface area contributed by atoms with Crippen molar-refractivity contribution in [1.82, 2.24) is 4.90 Å². The summed E-state index contributed by atoms with van der Waals surface area (Å²) in [5.41, 5.74) is 0.326. The van der Waals surface area contributed by atoms with Crippen molar-refractivity contribution >= 4 is 12.1 Å². The van der Waals surface area contributed by atoms with Crippen LogP contribution in [0.25, 0.3) is 0 Å². The van der Waals surface area contributed by atoms with Gasteiger partial charge in [0, 0.05) is 6.54 Å². The Morgan fingerprint density at radius 3 is 2.72 bits per heavy atom. The molecule has 0 N–H and O–H groups in total. The maximum atomic E-state index is 12.3. The summed E-state index contributed by atoms with van der Waals surface area (Å²) < 4.78 is 16.0. The highest BCUT2D eigenvalue weighted by Gasteiger charge is 2.32. The van der Waals surface area contributed by atoms with E-state index < -0.39 is 5.60 Å². The first-order valence-electron chi connectivity index (χ1n) is 8.56. The summed E-state index contributed by atoms with van der Waals surface area (Å²) in [5, 5.41) is 0. The molecule has 0 unspecified atom stereocenters. The van der Waals surface area contributed by atoms with Crippen molar-refractivity contribution in [2.75, 3.05) is 20.3 Å². The molecule has 1 heterocycles. The summed E-state index contributed by atoms with van der Waals surface area (Å²) in [6, 6.07) is 7.36. The van der Waals surface area contributed by atoms with E-state index in [9.17, 15) is 9.59 Å². The second-order valence-corrected chi connectivity index (χ2v) is 7.18. The predicted octanol–water partition coefficient (Wildman–Crippen LogP) is 3.18. The van der Waals surface area contributed by atoms with E-state index in [2.05, 4.69) is 4.74 Å². The number of benzene rings is 1. The number of rotatable bonds is 5. The number of likely N-dealkylation sites (tertiary alicyclic amines) is 1. The molecule has 1 fully saturated rings. The molecule has 0 saturated carbocycles. The van der Waals surface area contributed by atoms with Crippen molar-refractivity contribution in [1.29, 1.82) is 0 Å². The lowest BCUT2D eigenvalue weighted by atomic mass is 10.1. The second-order valence-electron chi connectivity index (χ2n) is 7.18. The highest BCUT2D eigenvalue weighted by atomic mass is 16.6. The van der Waals surface area contributed by atoms with Gasteiger partial charge in [0.1, 0.15) is 18.0 Å². The van der Waals surface area contributed by atoms with Crippen LogP contribution in [0.3, 0.4) is 0 Å². The molecular weight excluding hydrogens is 322 g/mol. The molecule has 0 spiro atoms. The zero-order chi connectivity index (χ0) is 18.4. The van der Waals surface area contributed by atoms with Gasteiger partial charge in [-0.25, -0.2) is 4.79 Å². The molecule has 1 aromatic rings. The fourth-order valence-electron chi connectivity index (χ4n) is 2.75. The van der Waals surface area contributed by atoms with Gasteiger partial charge in [-0.1, -0.05) is 12.1 Å². The Kier molecular flexibility index (Phi) is 6.28. The third kappa shape index (κ3) is 5.96. The molecule has 1 atom stereocenters. The van der Waals surface area contributed by atoms with Gasteiger partial charge in [-0.3, -0.25) is 4.79 Å². The van der Waals surface area contributed by atoms with Gasteiger partial charge in [0.2, 0.25) is 0 Å². The quantitative estimate of drug-likeness (QED) is 0.764. The van der Waals surface area contributed by atoms with E-state index in [0.717, 1.165) is 18.4 Å². The Morgan fingerprint density at radius 1 is 1.28 bits per heavy atom. The summed E-state index contributed by atoms with van der Waals surface area (Å²) in [4.78, 5) is 25.4. The molecule has 1 saturated heterocycles. The Bertz CT molecular complexity index is 608. The van der Waals surface area contributed by atoms with Crippen molar-refractivity contribution in [3.8, 4) is 5.75 Å². The normalized spacial score (nSPS) is 17.3. The number of methoxy groups -OCH3 is 1. The molecule has 2 rings (SSSR count). The Labute approximate surface area is 149 Å². The second kappa shape index (κ2) is 8.23. The molecule has 0 bridgehead atoms. The molecule has 1 amide bonds. The third-order valence-electron chi connectivity index (χ3n) is 3.92. The summed E-state index contributed by atoms with van der Waals surface area (Å²) in [6.45, 7) is 6.67. The first-order valence-corrected chi connectivity index (χ1v) is 8.56. The lowest BCUT2D eigenvalue weighted by molar-refractivity contribution is -0.139. The summed E-state index contributed by atoms with van der Waals surface area (Å²) in [6.07, 6.45) is 1.75. The molecule has 0 aliphatic carbocycles. The maximum Gasteiger partial charge on any atom is 0.410 e. The number of nitrogens with zero attached hydrogens (tertiary/aromatic N) is 1. The van der Waals surface area contributed by atoms with E-state index in [1.54, 1.807) is 4.90 Å². The third-order valence-corrected chi connectivity index (χ3v) is 3.92. The lowest BCUT2D eigenvalue weighted by Gasteiger charge is -2.28. The predicted molar refractivity (Wildman–Crippen MR) is 93.6 cm³/mol. The number of hydrogen-bond donors (Lipinski definition) is 0. The van der Waals surface area contributed by atoms with Gasteiger partial charge < -0.3 is 19.1 Å². The van der Waals surface area contributed by atoms with Crippen molar-refractivity contribution in [2.24, 2.45) is 0 Å². The van der Waals surface area contributed by atoms with E-state index in [1.807, 2.05) is 45.0 Å². The summed E-state index contributed by atoms with van der Waals surface area (Å²) in [7, 11) is 1.37. The number of ether oxygens (including phenoxy) is 3. The highest BCUT2D eigenvalue weighted by Crippen LogP contribution is 2.22. The Balaban J connectivity index is 1.92. The van der Waals surface area contributed by atoms with Crippen molar-refractivity contribution in [2.45, 2.75) is 51.7 Å². The van der Waals surface area contributed by atoms with Crippen LogP contribution in [0.1, 0.15) is 39.2 Å². The van der Waals surface area contributed by atoms with Crippen LogP contribution < -0.4 is 4.74 Å². The minimum Gasteiger partial charge on any atom is -0.491 e. The monoisotopic (exact) mass is 349 g/mol. The van der Waals surface area contributed by atoms with Crippen LogP contribution in [0.2, 0.25) is 0 Å². The van der Waals surface area contributed by atoms with E-state index in [-0.39, 0.29) is 24.5 Å². The Morgan fingerprint density at radius 2 is 2.04 bits per heavy atom. The molecule has 0 aromatic heterocycles. The van der Waals surface area contributed by atoms with Crippen LogP contribution in [0.15, 0.2) is 24.3 Å². The standard InChI is InChI=1S/C19H27NO5/c1-19(2,3)25-18(22)20-10-6-8-15(20)13-24-16-9-5-7-14(11-16)12-17(21)23-4/h5,7,9,11,15H,6,8,10,12-13H2,1-4H3/t15-/m0/s1. The van der Waals surface area contributed by atoms with Gasteiger partial charge >= 0.3 is 12.1 Å². The fraction of sp³-hybridized carbons (Fsp3) is 0.579. The van der Waals surface area contributed by atoms with Gasteiger partial charge in [0.25, 0.3) is 0 Å². The van der Waals surface area contributed by atoms with Gasteiger partial charge in [0.05, 0.1) is 19.6 Å². The fourth-order valence-corrected chi connectivity index (χ4v) is 2.75. The van der Waals surface area contributed by atoms with Crippen LogP contribution in [0.4, 0.5) is 4.79 Å². The molecule has 138 valence electrons. The molecule has 1 aliphatic rings. The van der Waals surface area contributed by atoms with Crippen molar-refractivity contribution < 1.29 is 23.8 Å². The SMILES string of the molecule is COC(=O)Cc1cccc(OC[C@@H]2CCCN2C(=O)OC(C)(C)C)c1. The number of amides is 1. The van der Waals surface area contributed by atoms with Gasteiger partial charge in [-0.2, -0.15) is 0 Å². The summed E-state index contributed by atoms with van der Waals surface area (Å²) in [5.74, 6) is 0.390. The maximum absolute atomic E-state index is 12.3. The molecule has 0 radical (unpaired) electrons. The van der Waals surface area contributed by atoms with E-state index in [4.69, 9.17) is 9.47 Å². The van der Waals surface area contributed by atoms with Gasteiger partial charge in [-0.15, -0.1) is 0 Å². The topological polar surface area (TPSA) is 65.1 Å². The molecular formula is C19H27NO5. The minimum atomic E-state index is -0.507. The van der Waals surface area contributed by atoms with Gasteiger partial charge in [-0.05, 0) is 51.3 Å². The van der Waals surface area contributed by atoms with Crippen LogP contribution in [-0.2, 0) is 20.7 Å². The molecule has 25 heavy (non-hydrogen) atoms. The average molecular weight is 349 g/mol. The Hall–Kier alpha value is -2.24. The van der Waals surface area contributed by atoms with Crippen LogP contribution in [-0.4, -0.2) is 48.9 Å². The first kappa shape index (κ1) is 19.1. The lowest BCUT2D eigenvalue weighted by Crippen LogP contribution is -2.42. The van der Waals surface area contributed by atoms with E-state index >= 15 is 0 Å². The molecule has 1 aliphatic heterocycles. The smallest absolute Gasteiger partial charge is 0.410 e. The van der Waals surface area contributed by atoms with Crippen molar-refractivity contribution in [3.05, 3.63) is 29.8 Å². The van der Waals surface area contributed by atoms with Crippen LogP contribution in [0, 0.1) is 0 Å². The molecule has 1 aromatic carbocycles. The zero-order valence-electron chi connectivity index (χ0n) is 15.4. The molecule has 6 heteroatoms. The minimum absolute atomic E-state index is 0.000821. The van der Waals surface area contributed by atoms with Crippen LogP contribution in [0.5, 0.6) is 5.75 Å². The number of carbonyl (C=O) groups is 2. The van der Waals surface area contributed by atoms with Gasteiger partial charge in [0.15, 0.2) is 0 Å². The first-order chi connectivity index (χ1) is 11.8. The zero-order valence-corrected chi connectivity index (χ0v) is 15.4. The number of carbonyl (C=O) groups excluding carboxylic acids is 2. The van der Waals surface area contributed by atoms with E-state index in [1.165, 1.54) is 7.11 Å². The largest absolute Gasteiger partial charge is 0.491 e. The number of esters is 1. The van der Waals surface area contributed by atoms with E-state index in [0.29, 0.717) is 18.9 Å². The van der Waals surface area contributed by atoms with Crippen molar-refractivity contribution in [3.63, 3.8) is 0 Å². The summed E-state index contributed by atoms with van der Waals surface area (Å²) >= 11 is 0. The average Bonchev–Trinajstić information content (AvgIpc) is 3.00. The van der Waals surface area contributed by atoms with Crippen LogP contribution >= 0.6 is 0 Å². The number of hydrogen-bond acceptors (Lipinski definition) is 5. The molecule has 6 nitrogen and oxygen atoms in total.